The van der Waals surface area contributed by atoms with E-state index in [9.17, 15) is 17.6 Å². The second-order valence-corrected chi connectivity index (χ2v) is 1.82. The van der Waals surface area contributed by atoms with E-state index < -0.39 is 29.0 Å². The fourth-order valence-corrected chi connectivity index (χ4v) is 0.560. The van der Waals surface area contributed by atoms with Crippen LogP contribution in [-0.4, -0.2) is 34.7 Å². The summed E-state index contributed by atoms with van der Waals surface area (Å²) < 4.78 is 48.4. The van der Waals surface area contributed by atoms with Gasteiger partial charge in [-0.3, -0.25) is 0 Å². The van der Waals surface area contributed by atoms with Gasteiger partial charge < -0.3 is 5.11 Å². The number of hydrogen-bond acceptors (Lipinski definition) is 1. The van der Waals surface area contributed by atoms with Gasteiger partial charge in [0.05, 0.1) is 0 Å². The minimum atomic E-state index is -2.01. The summed E-state index contributed by atoms with van der Waals surface area (Å²) in [6.07, 6.45) is 0. The van der Waals surface area contributed by atoms with Gasteiger partial charge in [-0.25, -0.2) is 13.2 Å². The Morgan fingerprint density at radius 3 is 1.92 bits per heavy atom. The standard InChI is InChI=1S/C6H2F4O.Na.H/c7-2-1-3(11)5(9)6(10)4(2)8;;/h1,11H;;. The van der Waals surface area contributed by atoms with Gasteiger partial charge in [0, 0.05) is 6.07 Å². The van der Waals surface area contributed by atoms with E-state index in [2.05, 4.69) is 0 Å². The topological polar surface area (TPSA) is 20.2 Å². The van der Waals surface area contributed by atoms with Crippen LogP contribution in [0, 0.1) is 23.3 Å². The van der Waals surface area contributed by atoms with Crippen molar-refractivity contribution in [1.29, 1.82) is 0 Å². The summed E-state index contributed by atoms with van der Waals surface area (Å²) in [6.45, 7) is 0. The van der Waals surface area contributed by atoms with Gasteiger partial charge >= 0.3 is 29.6 Å². The molecule has 1 aromatic rings. The second kappa shape index (κ2) is 4.11. The molecule has 0 aliphatic rings. The van der Waals surface area contributed by atoms with Crippen LogP contribution in [0.1, 0.15) is 0 Å². The van der Waals surface area contributed by atoms with E-state index in [1.54, 1.807) is 0 Å². The van der Waals surface area contributed by atoms with Gasteiger partial charge in [-0.05, 0) is 0 Å². The van der Waals surface area contributed by atoms with Crippen molar-refractivity contribution in [2.24, 2.45) is 0 Å². The van der Waals surface area contributed by atoms with Gasteiger partial charge in [0.25, 0.3) is 0 Å². The zero-order valence-electron chi connectivity index (χ0n) is 5.04. The third-order valence-electron chi connectivity index (χ3n) is 1.08. The van der Waals surface area contributed by atoms with Gasteiger partial charge in [-0.15, -0.1) is 0 Å². The summed E-state index contributed by atoms with van der Waals surface area (Å²) >= 11 is 0. The maximum absolute atomic E-state index is 12.1. The fourth-order valence-electron chi connectivity index (χ4n) is 0.560. The molecule has 1 rings (SSSR count). The normalized spacial score (nSPS) is 9.33. The SMILES string of the molecule is Oc1cc(F)c(F)c(F)c1F.[NaH]. The van der Waals surface area contributed by atoms with Crippen molar-refractivity contribution in [3.05, 3.63) is 29.3 Å². The fraction of sp³-hybridized carbons (Fsp3) is 0. The van der Waals surface area contributed by atoms with Crippen LogP contribution in [0.4, 0.5) is 17.6 Å². The van der Waals surface area contributed by atoms with E-state index in [1.165, 1.54) is 0 Å². The molecule has 0 unspecified atom stereocenters. The maximum atomic E-state index is 12.1. The van der Waals surface area contributed by atoms with Crippen LogP contribution in [0.3, 0.4) is 0 Å². The van der Waals surface area contributed by atoms with Crippen LogP contribution in [0.25, 0.3) is 0 Å². The summed E-state index contributed by atoms with van der Waals surface area (Å²) in [5.74, 6) is -8.60. The molecule has 0 amide bonds. The molecule has 0 spiro atoms. The molecule has 6 heteroatoms. The summed E-state index contributed by atoms with van der Waals surface area (Å²) in [4.78, 5) is 0. The average Bonchev–Trinajstić information content (AvgIpc) is 1.97. The van der Waals surface area contributed by atoms with Crippen molar-refractivity contribution in [2.45, 2.75) is 0 Å². The van der Waals surface area contributed by atoms with Crippen LogP contribution in [-0.2, 0) is 0 Å². The van der Waals surface area contributed by atoms with E-state index in [0.29, 0.717) is 0 Å². The third-order valence-corrected chi connectivity index (χ3v) is 1.08. The Balaban J connectivity index is 0.00000121. The van der Waals surface area contributed by atoms with Gasteiger partial charge in [-0.2, -0.15) is 4.39 Å². The molecule has 0 fully saturated rings. The van der Waals surface area contributed by atoms with Crippen LogP contribution in [0.2, 0.25) is 0 Å². The third kappa shape index (κ3) is 1.91. The summed E-state index contributed by atoms with van der Waals surface area (Å²) in [5, 5.41) is 8.38. The predicted molar refractivity (Wildman–Crippen MR) is 35.1 cm³/mol. The van der Waals surface area contributed by atoms with Crippen LogP contribution >= 0.6 is 0 Å². The van der Waals surface area contributed by atoms with E-state index in [4.69, 9.17) is 5.11 Å². The van der Waals surface area contributed by atoms with Crippen molar-refractivity contribution in [3.63, 3.8) is 0 Å². The molecule has 0 heterocycles. The Morgan fingerprint density at radius 2 is 1.42 bits per heavy atom. The molecule has 0 bridgehead atoms. The van der Waals surface area contributed by atoms with Gasteiger partial charge in [0.15, 0.2) is 17.4 Å². The molecule has 1 aromatic carbocycles. The zero-order chi connectivity index (χ0) is 8.59. The number of hydrogen-bond donors (Lipinski definition) is 1. The Kier molecular flexibility index (Phi) is 4.02. The molecule has 0 atom stereocenters. The van der Waals surface area contributed by atoms with E-state index in [0.717, 1.165) is 0 Å². The Bertz CT molecular complexity index is 276. The van der Waals surface area contributed by atoms with Gasteiger partial charge in [0.1, 0.15) is 0 Å². The molecular formula is C6H3F4NaO. The number of rotatable bonds is 0. The molecule has 0 aromatic heterocycles. The summed E-state index contributed by atoms with van der Waals surface area (Å²) in [5.41, 5.74) is 0. The Morgan fingerprint density at radius 1 is 0.917 bits per heavy atom. The molecule has 0 radical (unpaired) electrons. The molecule has 0 saturated carbocycles. The number of aromatic hydroxyl groups is 1. The molecule has 1 nitrogen and oxygen atoms in total. The molecule has 0 aliphatic carbocycles. The minimum absolute atomic E-state index is 0. The number of halogens is 4. The monoisotopic (exact) mass is 190 g/mol. The van der Waals surface area contributed by atoms with E-state index >= 15 is 0 Å². The average molecular weight is 190 g/mol. The zero-order valence-corrected chi connectivity index (χ0v) is 5.04. The Labute approximate surface area is 87.3 Å². The van der Waals surface area contributed by atoms with Crippen LogP contribution < -0.4 is 0 Å². The molecule has 62 valence electrons. The quantitative estimate of drug-likeness (QED) is 0.283. The summed E-state index contributed by atoms with van der Waals surface area (Å²) in [6, 6.07) is 0.160. The van der Waals surface area contributed by atoms with Crippen LogP contribution in [0.15, 0.2) is 6.07 Å². The number of phenols is 1. The number of benzene rings is 1. The first kappa shape index (κ1) is 11.7. The molecule has 0 saturated heterocycles. The first-order valence-electron chi connectivity index (χ1n) is 2.56. The van der Waals surface area contributed by atoms with Crippen LogP contribution in [0.5, 0.6) is 5.75 Å². The van der Waals surface area contributed by atoms with E-state index in [-0.39, 0.29) is 35.6 Å². The predicted octanol–water partition coefficient (Wildman–Crippen LogP) is 1.30. The van der Waals surface area contributed by atoms with Crippen molar-refractivity contribution in [1.82, 2.24) is 0 Å². The first-order valence-corrected chi connectivity index (χ1v) is 2.56. The number of phenolic OH excluding ortho intramolecular Hbond substituents is 1. The van der Waals surface area contributed by atoms with Gasteiger partial charge in [-0.1, -0.05) is 0 Å². The molecule has 1 N–H and O–H groups in total. The molecular weight excluding hydrogens is 187 g/mol. The molecule has 0 aliphatic heterocycles. The Hall–Kier alpha value is -0.260. The van der Waals surface area contributed by atoms with Crippen molar-refractivity contribution >= 4 is 29.6 Å². The first-order chi connectivity index (χ1) is 5.04. The van der Waals surface area contributed by atoms with Gasteiger partial charge in [0.2, 0.25) is 11.6 Å². The second-order valence-electron chi connectivity index (χ2n) is 1.82. The van der Waals surface area contributed by atoms with Crippen molar-refractivity contribution in [2.75, 3.05) is 0 Å². The van der Waals surface area contributed by atoms with E-state index in [1.807, 2.05) is 0 Å². The van der Waals surface area contributed by atoms with Crippen molar-refractivity contribution in [3.8, 4) is 5.75 Å². The molecule has 12 heavy (non-hydrogen) atoms. The summed E-state index contributed by atoms with van der Waals surface area (Å²) in [7, 11) is 0. The van der Waals surface area contributed by atoms with Crippen molar-refractivity contribution < 1.29 is 22.7 Å².